The maximum atomic E-state index is 4.23. The number of pyridine rings is 1. The Kier molecular flexibility index (Phi) is 2.49. The van der Waals surface area contributed by atoms with Gasteiger partial charge in [-0.05, 0) is 24.1 Å². The number of aromatic nitrogens is 3. The average Bonchev–Trinajstić information content (AvgIpc) is 2.23. The SMILES string of the molecule is Cc1ccc(Cc2cncnc2)cn1. The lowest BCUT2D eigenvalue weighted by Gasteiger charge is -2.00. The van der Waals surface area contributed by atoms with E-state index in [1.807, 2.05) is 31.6 Å². The van der Waals surface area contributed by atoms with Gasteiger partial charge >= 0.3 is 0 Å². The Hall–Kier alpha value is -1.77. The first-order chi connectivity index (χ1) is 6.84. The summed E-state index contributed by atoms with van der Waals surface area (Å²) in [5.41, 5.74) is 3.33. The summed E-state index contributed by atoms with van der Waals surface area (Å²) in [5.74, 6) is 0. The van der Waals surface area contributed by atoms with Crippen LogP contribution in [-0.4, -0.2) is 15.0 Å². The Labute approximate surface area is 82.9 Å². The Balaban J connectivity index is 2.16. The first kappa shape index (κ1) is 8.81. The summed E-state index contributed by atoms with van der Waals surface area (Å²) in [6.07, 6.45) is 7.92. The van der Waals surface area contributed by atoms with Gasteiger partial charge < -0.3 is 0 Å². The summed E-state index contributed by atoms with van der Waals surface area (Å²) in [6.45, 7) is 1.98. The van der Waals surface area contributed by atoms with Crippen molar-refractivity contribution in [3.05, 3.63) is 53.9 Å². The van der Waals surface area contributed by atoms with Gasteiger partial charge in [0.15, 0.2) is 0 Å². The van der Waals surface area contributed by atoms with Crippen LogP contribution in [0.4, 0.5) is 0 Å². The summed E-state index contributed by atoms with van der Waals surface area (Å²) < 4.78 is 0. The molecule has 2 rings (SSSR count). The van der Waals surface area contributed by atoms with Crippen LogP contribution in [-0.2, 0) is 6.42 Å². The van der Waals surface area contributed by atoms with Gasteiger partial charge in [-0.1, -0.05) is 6.07 Å². The summed E-state index contributed by atoms with van der Waals surface area (Å²) >= 11 is 0. The van der Waals surface area contributed by atoms with Gasteiger partial charge in [0.25, 0.3) is 0 Å². The third-order valence-corrected chi connectivity index (χ3v) is 1.99. The molecule has 0 unspecified atom stereocenters. The molecule has 14 heavy (non-hydrogen) atoms. The summed E-state index contributed by atoms with van der Waals surface area (Å²) in [7, 11) is 0. The predicted octanol–water partition coefficient (Wildman–Crippen LogP) is 1.77. The van der Waals surface area contributed by atoms with E-state index in [1.165, 1.54) is 11.9 Å². The highest BCUT2D eigenvalue weighted by atomic mass is 14.8. The second-order valence-corrected chi connectivity index (χ2v) is 3.23. The van der Waals surface area contributed by atoms with E-state index in [0.29, 0.717) is 0 Å². The fraction of sp³-hybridized carbons (Fsp3) is 0.182. The molecule has 70 valence electrons. The number of nitrogens with zero attached hydrogens (tertiary/aromatic N) is 3. The van der Waals surface area contributed by atoms with Crippen molar-refractivity contribution in [2.24, 2.45) is 0 Å². The molecule has 0 atom stereocenters. The van der Waals surface area contributed by atoms with Crippen molar-refractivity contribution in [2.75, 3.05) is 0 Å². The second kappa shape index (κ2) is 3.96. The molecule has 3 heteroatoms. The Morgan fingerprint density at radius 3 is 2.43 bits per heavy atom. The van der Waals surface area contributed by atoms with Gasteiger partial charge in [-0.25, -0.2) is 9.97 Å². The van der Waals surface area contributed by atoms with E-state index in [4.69, 9.17) is 0 Å². The van der Waals surface area contributed by atoms with Crippen LogP contribution in [0.1, 0.15) is 16.8 Å². The minimum atomic E-state index is 0.841. The molecule has 2 aromatic rings. The number of hydrogen-bond acceptors (Lipinski definition) is 3. The molecule has 2 aromatic heterocycles. The topological polar surface area (TPSA) is 38.7 Å². The van der Waals surface area contributed by atoms with Crippen molar-refractivity contribution in [1.29, 1.82) is 0 Å². The van der Waals surface area contributed by atoms with Gasteiger partial charge in [-0.2, -0.15) is 0 Å². The lowest BCUT2D eigenvalue weighted by Crippen LogP contribution is -1.91. The van der Waals surface area contributed by atoms with Gasteiger partial charge in [-0.15, -0.1) is 0 Å². The van der Waals surface area contributed by atoms with E-state index in [2.05, 4.69) is 21.0 Å². The van der Waals surface area contributed by atoms with Gasteiger partial charge in [0.2, 0.25) is 0 Å². The van der Waals surface area contributed by atoms with Crippen molar-refractivity contribution in [1.82, 2.24) is 15.0 Å². The molecule has 0 aliphatic rings. The minimum absolute atomic E-state index is 0.841. The molecule has 0 amide bonds. The van der Waals surface area contributed by atoms with Crippen LogP contribution >= 0.6 is 0 Å². The van der Waals surface area contributed by atoms with Crippen molar-refractivity contribution < 1.29 is 0 Å². The largest absolute Gasteiger partial charge is 0.261 e. The first-order valence-electron chi connectivity index (χ1n) is 4.50. The molecule has 0 N–H and O–H groups in total. The molecule has 2 heterocycles. The summed E-state index contributed by atoms with van der Waals surface area (Å²) in [5, 5.41) is 0. The van der Waals surface area contributed by atoms with E-state index in [-0.39, 0.29) is 0 Å². The van der Waals surface area contributed by atoms with Crippen LogP contribution < -0.4 is 0 Å². The molecule has 0 fully saturated rings. The second-order valence-electron chi connectivity index (χ2n) is 3.23. The number of hydrogen-bond donors (Lipinski definition) is 0. The molecular formula is C11H11N3. The average molecular weight is 185 g/mol. The molecule has 0 saturated heterocycles. The molecule has 0 radical (unpaired) electrons. The zero-order valence-corrected chi connectivity index (χ0v) is 8.01. The van der Waals surface area contributed by atoms with E-state index in [1.54, 1.807) is 0 Å². The first-order valence-corrected chi connectivity index (χ1v) is 4.50. The smallest absolute Gasteiger partial charge is 0.115 e. The normalized spacial score (nSPS) is 10.1. The highest BCUT2D eigenvalue weighted by molar-refractivity contribution is 5.20. The zero-order chi connectivity index (χ0) is 9.80. The Morgan fingerprint density at radius 2 is 1.79 bits per heavy atom. The Morgan fingerprint density at radius 1 is 1.00 bits per heavy atom. The predicted molar refractivity (Wildman–Crippen MR) is 53.8 cm³/mol. The van der Waals surface area contributed by atoms with Crippen molar-refractivity contribution in [3.63, 3.8) is 0 Å². The molecular weight excluding hydrogens is 174 g/mol. The highest BCUT2D eigenvalue weighted by Gasteiger charge is 1.96. The van der Waals surface area contributed by atoms with E-state index >= 15 is 0 Å². The molecule has 3 nitrogen and oxygen atoms in total. The number of rotatable bonds is 2. The zero-order valence-electron chi connectivity index (χ0n) is 8.01. The van der Waals surface area contributed by atoms with Crippen LogP contribution in [0.3, 0.4) is 0 Å². The third-order valence-electron chi connectivity index (χ3n) is 1.99. The molecule has 0 aromatic carbocycles. The fourth-order valence-corrected chi connectivity index (χ4v) is 1.26. The standard InChI is InChI=1S/C11H11N3/c1-9-2-3-10(7-14-9)4-11-5-12-8-13-6-11/h2-3,5-8H,4H2,1H3. The molecule has 0 spiro atoms. The number of aryl methyl sites for hydroxylation is 1. The minimum Gasteiger partial charge on any atom is -0.261 e. The molecule has 0 bridgehead atoms. The van der Waals surface area contributed by atoms with Gasteiger partial charge in [0.1, 0.15) is 6.33 Å². The molecule has 0 aliphatic heterocycles. The fourth-order valence-electron chi connectivity index (χ4n) is 1.26. The van der Waals surface area contributed by atoms with E-state index < -0.39 is 0 Å². The summed E-state index contributed by atoms with van der Waals surface area (Å²) in [6, 6.07) is 4.09. The van der Waals surface area contributed by atoms with Crippen molar-refractivity contribution in [3.8, 4) is 0 Å². The maximum Gasteiger partial charge on any atom is 0.115 e. The summed E-state index contributed by atoms with van der Waals surface area (Å²) in [4.78, 5) is 12.2. The maximum absolute atomic E-state index is 4.23. The monoisotopic (exact) mass is 185 g/mol. The van der Waals surface area contributed by atoms with E-state index in [0.717, 1.165) is 17.7 Å². The van der Waals surface area contributed by atoms with Crippen LogP contribution in [0.25, 0.3) is 0 Å². The highest BCUT2D eigenvalue weighted by Crippen LogP contribution is 2.06. The van der Waals surface area contributed by atoms with Crippen LogP contribution in [0, 0.1) is 6.92 Å². The van der Waals surface area contributed by atoms with Crippen molar-refractivity contribution >= 4 is 0 Å². The van der Waals surface area contributed by atoms with Crippen LogP contribution in [0.2, 0.25) is 0 Å². The quantitative estimate of drug-likeness (QED) is 0.715. The molecule has 0 aliphatic carbocycles. The van der Waals surface area contributed by atoms with Gasteiger partial charge in [0.05, 0.1) is 0 Å². The van der Waals surface area contributed by atoms with Crippen LogP contribution in [0.5, 0.6) is 0 Å². The lowest BCUT2D eigenvalue weighted by molar-refractivity contribution is 1.05. The third kappa shape index (κ3) is 2.13. The van der Waals surface area contributed by atoms with Gasteiger partial charge in [0, 0.05) is 30.7 Å². The van der Waals surface area contributed by atoms with Crippen LogP contribution in [0.15, 0.2) is 37.1 Å². The Bertz CT molecular complexity index is 395. The van der Waals surface area contributed by atoms with Gasteiger partial charge in [-0.3, -0.25) is 4.98 Å². The lowest BCUT2D eigenvalue weighted by atomic mass is 10.1. The van der Waals surface area contributed by atoms with Crippen molar-refractivity contribution in [2.45, 2.75) is 13.3 Å². The molecule has 0 saturated carbocycles. The van der Waals surface area contributed by atoms with E-state index in [9.17, 15) is 0 Å².